The Morgan fingerprint density at radius 3 is 2.81 bits per heavy atom. The van der Waals surface area contributed by atoms with Crippen LogP contribution in [0.4, 0.5) is 0 Å². The van der Waals surface area contributed by atoms with Gasteiger partial charge in [0.2, 0.25) is 11.8 Å². The first-order valence-corrected chi connectivity index (χ1v) is 7.32. The van der Waals surface area contributed by atoms with Crippen LogP contribution in [0.1, 0.15) is 12.0 Å². The standard InChI is InChI=1S/C15H20ClN3O2/c1-18(2)14(20)9-13-15(21)19(8-7-17-13)10-11-5-3-4-6-12(11)16/h3-6,13,17H,7-10H2,1-2H3. The summed E-state index contributed by atoms with van der Waals surface area (Å²) < 4.78 is 0. The topological polar surface area (TPSA) is 52.7 Å². The molecule has 0 bridgehead atoms. The van der Waals surface area contributed by atoms with Crippen molar-refractivity contribution in [3.8, 4) is 0 Å². The molecule has 114 valence electrons. The fourth-order valence-corrected chi connectivity index (χ4v) is 2.49. The number of halogens is 1. The molecular formula is C15H20ClN3O2. The minimum Gasteiger partial charge on any atom is -0.349 e. The van der Waals surface area contributed by atoms with Crippen molar-refractivity contribution in [2.45, 2.75) is 19.0 Å². The second kappa shape index (κ2) is 6.91. The van der Waals surface area contributed by atoms with E-state index in [2.05, 4.69) is 5.32 Å². The molecule has 1 heterocycles. The lowest BCUT2D eigenvalue weighted by molar-refractivity contribution is -0.140. The SMILES string of the molecule is CN(C)C(=O)CC1NCCN(Cc2ccccc2Cl)C1=O. The summed E-state index contributed by atoms with van der Waals surface area (Å²) in [5.74, 6) is -0.100. The molecule has 21 heavy (non-hydrogen) atoms. The van der Waals surface area contributed by atoms with Gasteiger partial charge in [0, 0.05) is 38.8 Å². The van der Waals surface area contributed by atoms with Gasteiger partial charge in [-0.2, -0.15) is 0 Å². The van der Waals surface area contributed by atoms with Crippen molar-refractivity contribution in [2.75, 3.05) is 27.2 Å². The summed E-state index contributed by atoms with van der Waals surface area (Å²) in [5.41, 5.74) is 0.923. The van der Waals surface area contributed by atoms with E-state index >= 15 is 0 Å². The van der Waals surface area contributed by atoms with Crippen LogP contribution < -0.4 is 5.32 Å². The summed E-state index contributed by atoms with van der Waals surface area (Å²) in [7, 11) is 3.38. The van der Waals surface area contributed by atoms with Gasteiger partial charge in [0.15, 0.2) is 0 Å². The summed E-state index contributed by atoms with van der Waals surface area (Å²) in [5, 5.41) is 3.77. The Morgan fingerprint density at radius 2 is 2.14 bits per heavy atom. The Morgan fingerprint density at radius 1 is 1.43 bits per heavy atom. The lowest BCUT2D eigenvalue weighted by Crippen LogP contribution is -2.55. The van der Waals surface area contributed by atoms with Crippen molar-refractivity contribution in [1.82, 2.24) is 15.1 Å². The number of amides is 2. The van der Waals surface area contributed by atoms with Crippen molar-refractivity contribution < 1.29 is 9.59 Å². The number of piperazine rings is 1. The molecule has 0 aromatic heterocycles. The Hall–Kier alpha value is -1.59. The first-order valence-electron chi connectivity index (χ1n) is 6.94. The van der Waals surface area contributed by atoms with Crippen LogP contribution in [0.2, 0.25) is 5.02 Å². The predicted octanol–water partition coefficient (Wildman–Crippen LogP) is 1.12. The number of hydrogen-bond donors (Lipinski definition) is 1. The van der Waals surface area contributed by atoms with E-state index in [1.807, 2.05) is 24.3 Å². The maximum absolute atomic E-state index is 12.4. The Kier molecular flexibility index (Phi) is 5.20. The first kappa shape index (κ1) is 15.8. The third-order valence-corrected chi connectivity index (χ3v) is 3.95. The Balaban J connectivity index is 2.03. The smallest absolute Gasteiger partial charge is 0.240 e. The van der Waals surface area contributed by atoms with Crippen LogP contribution in [0.3, 0.4) is 0 Å². The van der Waals surface area contributed by atoms with Crippen LogP contribution >= 0.6 is 11.6 Å². The van der Waals surface area contributed by atoms with Gasteiger partial charge in [-0.05, 0) is 11.6 Å². The second-order valence-electron chi connectivity index (χ2n) is 5.35. The second-order valence-corrected chi connectivity index (χ2v) is 5.76. The number of nitrogens with one attached hydrogen (secondary N) is 1. The number of rotatable bonds is 4. The lowest BCUT2D eigenvalue weighted by atomic mass is 10.1. The molecule has 1 saturated heterocycles. The highest BCUT2D eigenvalue weighted by Crippen LogP contribution is 2.18. The van der Waals surface area contributed by atoms with E-state index in [1.165, 1.54) is 4.90 Å². The normalized spacial score (nSPS) is 18.7. The lowest BCUT2D eigenvalue weighted by Gasteiger charge is -2.33. The molecule has 0 saturated carbocycles. The van der Waals surface area contributed by atoms with E-state index in [4.69, 9.17) is 11.6 Å². The van der Waals surface area contributed by atoms with E-state index in [-0.39, 0.29) is 18.2 Å². The zero-order valence-corrected chi connectivity index (χ0v) is 13.1. The summed E-state index contributed by atoms with van der Waals surface area (Å²) in [4.78, 5) is 27.5. The molecule has 1 aromatic carbocycles. The summed E-state index contributed by atoms with van der Waals surface area (Å²) in [6, 6.07) is 7.05. The predicted molar refractivity (Wildman–Crippen MR) is 82.0 cm³/mol. The highest BCUT2D eigenvalue weighted by atomic mass is 35.5. The molecule has 2 rings (SSSR count). The van der Waals surface area contributed by atoms with E-state index in [0.717, 1.165) is 5.56 Å². The van der Waals surface area contributed by atoms with Crippen molar-refractivity contribution in [3.63, 3.8) is 0 Å². The third kappa shape index (κ3) is 3.95. The van der Waals surface area contributed by atoms with Gasteiger partial charge in [-0.15, -0.1) is 0 Å². The molecule has 1 fully saturated rings. The van der Waals surface area contributed by atoms with Crippen molar-refractivity contribution in [3.05, 3.63) is 34.9 Å². The molecule has 5 nitrogen and oxygen atoms in total. The zero-order chi connectivity index (χ0) is 15.4. The Bertz CT molecular complexity index is 533. The quantitative estimate of drug-likeness (QED) is 0.907. The molecule has 1 aliphatic rings. The number of carbonyl (C=O) groups excluding carboxylic acids is 2. The van der Waals surface area contributed by atoms with Crippen molar-refractivity contribution >= 4 is 23.4 Å². The minimum absolute atomic E-state index is 0.0450. The van der Waals surface area contributed by atoms with Gasteiger partial charge >= 0.3 is 0 Å². The fraction of sp³-hybridized carbons (Fsp3) is 0.467. The maximum atomic E-state index is 12.4. The van der Waals surface area contributed by atoms with Crippen LogP contribution in [0.25, 0.3) is 0 Å². The number of nitrogens with zero attached hydrogens (tertiary/aromatic N) is 2. The molecule has 0 spiro atoms. The summed E-state index contributed by atoms with van der Waals surface area (Å²) in [6.45, 7) is 1.78. The van der Waals surface area contributed by atoms with E-state index < -0.39 is 6.04 Å². The summed E-state index contributed by atoms with van der Waals surface area (Å²) in [6.07, 6.45) is 0.185. The molecule has 1 unspecified atom stereocenters. The number of benzene rings is 1. The van der Waals surface area contributed by atoms with E-state index in [0.29, 0.717) is 24.7 Å². The average Bonchev–Trinajstić information content (AvgIpc) is 2.45. The molecule has 1 aliphatic heterocycles. The van der Waals surface area contributed by atoms with Gasteiger partial charge in [-0.1, -0.05) is 29.8 Å². The zero-order valence-electron chi connectivity index (χ0n) is 12.3. The van der Waals surface area contributed by atoms with Gasteiger partial charge in [-0.25, -0.2) is 0 Å². The Labute approximate surface area is 129 Å². The largest absolute Gasteiger partial charge is 0.349 e. The first-order chi connectivity index (χ1) is 9.99. The highest BCUT2D eigenvalue weighted by Gasteiger charge is 2.30. The van der Waals surface area contributed by atoms with Crippen molar-refractivity contribution in [2.24, 2.45) is 0 Å². The van der Waals surface area contributed by atoms with E-state index in [9.17, 15) is 9.59 Å². The molecule has 2 amide bonds. The van der Waals surface area contributed by atoms with Crippen LogP contribution in [0.15, 0.2) is 24.3 Å². The van der Waals surface area contributed by atoms with Crippen LogP contribution in [0.5, 0.6) is 0 Å². The van der Waals surface area contributed by atoms with Gasteiger partial charge in [0.25, 0.3) is 0 Å². The molecule has 1 aromatic rings. The average molecular weight is 310 g/mol. The molecule has 1 N–H and O–H groups in total. The molecule has 6 heteroatoms. The maximum Gasteiger partial charge on any atom is 0.240 e. The number of carbonyl (C=O) groups is 2. The van der Waals surface area contributed by atoms with E-state index in [1.54, 1.807) is 19.0 Å². The third-order valence-electron chi connectivity index (χ3n) is 3.58. The minimum atomic E-state index is -0.448. The van der Waals surface area contributed by atoms with Crippen LogP contribution in [-0.2, 0) is 16.1 Å². The van der Waals surface area contributed by atoms with Crippen LogP contribution in [-0.4, -0.2) is 54.8 Å². The molecule has 1 atom stereocenters. The molecule has 0 aliphatic carbocycles. The molecule has 0 radical (unpaired) electrons. The van der Waals surface area contributed by atoms with Gasteiger partial charge < -0.3 is 15.1 Å². The van der Waals surface area contributed by atoms with Crippen LogP contribution in [0, 0.1) is 0 Å². The monoisotopic (exact) mass is 309 g/mol. The fourth-order valence-electron chi connectivity index (χ4n) is 2.30. The van der Waals surface area contributed by atoms with Gasteiger partial charge in [0.1, 0.15) is 0 Å². The van der Waals surface area contributed by atoms with Crippen molar-refractivity contribution in [1.29, 1.82) is 0 Å². The molecular weight excluding hydrogens is 290 g/mol. The highest BCUT2D eigenvalue weighted by molar-refractivity contribution is 6.31. The number of hydrogen-bond acceptors (Lipinski definition) is 3. The summed E-state index contributed by atoms with van der Waals surface area (Å²) >= 11 is 6.14. The van der Waals surface area contributed by atoms with Gasteiger partial charge in [0.05, 0.1) is 12.5 Å². The van der Waals surface area contributed by atoms with Gasteiger partial charge in [-0.3, -0.25) is 9.59 Å².